The van der Waals surface area contributed by atoms with Crippen molar-refractivity contribution in [3.05, 3.63) is 71.8 Å². The van der Waals surface area contributed by atoms with Crippen LogP contribution in [0.15, 0.2) is 60.7 Å². The van der Waals surface area contributed by atoms with Crippen LogP contribution in [0.2, 0.25) is 0 Å². The van der Waals surface area contributed by atoms with E-state index in [9.17, 15) is 0 Å². The molecule has 0 saturated carbocycles. The van der Waals surface area contributed by atoms with Crippen LogP contribution in [0.5, 0.6) is 0 Å². The summed E-state index contributed by atoms with van der Waals surface area (Å²) in [5, 5.41) is 3.11. The van der Waals surface area contributed by atoms with Crippen molar-refractivity contribution in [2.45, 2.75) is 33.1 Å². The summed E-state index contributed by atoms with van der Waals surface area (Å²) >= 11 is 0. The zero-order chi connectivity index (χ0) is 14.6. The molecule has 0 radical (unpaired) electrons. The highest BCUT2D eigenvalue weighted by Gasteiger charge is 2.10. The molecular formula is C19H27N. The lowest BCUT2D eigenvalue weighted by atomic mass is 9.89. The molecule has 0 fully saturated rings. The maximum absolute atomic E-state index is 3.11. The Labute approximate surface area is 124 Å². The van der Waals surface area contributed by atoms with Crippen molar-refractivity contribution < 1.29 is 0 Å². The fourth-order valence-electron chi connectivity index (χ4n) is 2.28. The second-order valence-corrected chi connectivity index (χ2v) is 4.74. The third-order valence-corrected chi connectivity index (χ3v) is 3.31. The molecule has 0 aromatic heterocycles. The van der Waals surface area contributed by atoms with E-state index in [2.05, 4.69) is 86.8 Å². The summed E-state index contributed by atoms with van der Waals surface area (Å²) in [6.45, 7) is 8.63. The van der Waals surface area contributed by atoms with E-state index in [4.69, 9.17) is 0 Å². The van der Waals surface area contributed by atoms with Gasteiger partial charge in [0.05, 0.1) is 0 Å². The Bertz CT molecular complexity index is 394. The van der Waals surface area contributed by atoms with Gasteiger partial charge in [-0.05, 0) is 30.6 Å². The van der Waals surface area contributed by atoms with Crippen LogP contribution in [-0.2, 0) is 0 Å². The molecule has 20 heavy (non-hydrogen) atoms. The van der Waals surface area contributed by atoms with Crippen LogP contribution in [0.1, 0.15) is 44.2 Å². The summed E-state index contributed by atoms with van der Waals surface area (Å²) in [5.74, 6) is 0.535. The van der Waals surface area contributed by atoms with Gasteiger partial charge in [-0.3, -0.25) is 0 Å². The summed E-state index contributed by atoms with van der Waals surface area (Å²) in [6.07, 6.45) is 1.15. The van der Waals surface area contributed by atoms with Crippen LogP contribution in [0, 0.1) is 0 Å². The van der Waals surface area contributed by atoms with Crippen molar-refractivity contribution in [3.8, 4) is 0 Å². The molecule has 0 spiro atoms. The predicted octanol–water partition coefficient (Wildman–Crippen LogP) is 4.84. The molecule has 0 saturated heterocycles. The van der Waals surface area contributed by atoms with Gasteiger partial charge in [0, 0.05) is 5.92 Å². The van der Waals surface area contributed by atoms with Crippen LogP contribution in [0.3, 0.4) is 0 Å². The second-order valence-electron chi connectivity index (χ2n) is 4.74. The van der Waals surface area contributed by atoms with Gasteiger partial charge < -0.3 is 5.32 Å². The average Bonchev–Trinajstić information content (AvgIpc) is 2.52. The highest BCUT2D eigenvalue weighted by Crippen LogP contribution is 2.26. The molecule has 0 aliphatic rings. The van der Waals surface area contributed by atoms with Gasteiger partial charge in [0.15, 0.2) is 0 Å². The van der Waals surface area contributed by atoms with E-state index in [-0.39, 0.29) is 0 Å². The fourth-order valence-corrected chi connectivity index (χ4v) is 2.28. The van der Waals surface area contributed by atoms with Crippen molar-refractivity contribution in [2.75, 3.05) is 13.1 Å². The van der Waals surface area contributed by atoms with Gasteiger partial charge >= 0.3 is 0 Å². The molecule has 0 amide bonds. The Kier molecular flexibility index (Phi) is 8.41. The van der Waals surface area contributed by atoms with Crippen molar-refractivity contribution in [3.63, 3.8) is 0 Å². The Morgan fingerprint density at radius 2 is 1.10 bits per heavy atom. The van der Waals surface area contributed by atoms with Gasteiger partial charge in [-0.2, -0.15) is 0 Å². The van der Waals surface area contributed by atoms with Crippen LogP contribution < -0.4 is 5.32 Å². The second kappa shape index (κ2) is 10.2. The lowest BCUT2D eigenvalue weighted by molar-refractivity contribution is 0.762. The minimum Gasteiger partial charge on any atom is -0.317 e. The fraction of sp³-hybridized carbons (Fsp3) is 0.368. The molecule has 1 heteroatoms. The Morgan fingerprint density at radius 1 is 0.700 bits per heavy atom. The summed E-state index contributed by atoms with van der Waals surface area (Å²) in [4.78, 5) is 0. The maximum Gasteiger partial charge on any atom is 0.00867 e. The largest absolute Gasteiger partial charge is 0.317 e. The van der Waals surface area contributed by atoms with Gasteiger partial charge in [0.1, 0.15) is 0 Å². The van der Waals surface area contributed by atoms with E-state index in [0.717, 1.165) is 19.5 Å². The van der Waals surface area contributed by atoms with Crippen molar-refractivity contribution in [1.82, 2.24) is 5.32 Å². The quantitative estimate of drug-likeness (QED) is 0.818. The van der Waals surface area contributed by atoms with Gasteiger partial charge in [-0.1, -0.05) is 81.4 Å². The normalized spacial score (nSPS) is 10.0. The maximum atomic E-state index is 3.11. The Hall–Kier alpha value is -1.60. The third kappa shape index (κ3) is 5.58. The van der Waals surface area contributed by atoms with Gasteiger partial charge in [-0.25, -0.2) is 0 Å². The first-order valence-electron chi connectivity index (χ1n) is 7.64. The van der Waals surface area contributed by atoms with E-state index >= 15 is 0 Å². The topological polar surface area (TPSA) is 12.0 Å². The number of hydrogen-bond acceptors (Lipinski definition) is 1. The molecule has 0 heterocycles. The van der Waals surface area contributed by atoms with Gasteiger partial charge in [-0.15, -0.1) is 0 Å². The molecular weight excluding hydrogens is 242 g/mol. The number of rotatable bonds is 5. The van der Waals surface area contributed by atoms with Crippen molar-refractivity contribution in [1.29, 1.82) is 0 Å². The molecule has 0 aliphatic carbocycles. The first-order chi connectivity index (χ1) is 9.83. The molecule has 2 aromatic rings. The van der Waals surface area contributed by atoms with Crippen LogP contribution in [0.25, 0.3) is 0 Å². The molecule has 108 valence electrons. The van der Waals surface area contributed by atoms with Crippen LogP contribution in [0.4, 0.5) is 0 Å². The lowest BCUT2D eigenvalue weighted by Crippen LogP contribution is -2.09. The number of benzene rings is 2. The zero-order valence-electron chi connectivity index (χ0n) is 13.0. The molecule has 1 nitrogen and oxygen atoms in total. The monoisotopic (exact) mass is 269 g/mol. The van der Waals surface area contributed by atoms with Gasteiger partial charge in [0.25, 0.3) is 0 Å². The molecule has 2 rings (SSSR count). The van der Waals surface area contributed by atoms with E-state index in [0.29, 0.717) is 5.92 Å². The predicted molar refractivity (Wildman–Crippen MR) is 89.2 cm³/mol. The first kappa shape index (κ1) is 16.5. The minimum absolute atomic E-state index is 0.535. The van der Waals surface area contributed by atoms with E-state index < -0.39 is 0 Å². The SMILES string of the molecule is CCC(c1ccccc1)c1ccccc1.CCNCC. The zero-order valence-corrected chi connectivity index (χ0v) is 13.0. The Morgan fingerprint density at radius 3 is 1.35 bits per heavy atom. The number of hydrogen-bond donors (Lipinski definition) is 1. The molecule has 2 aromatic carbocycles. The molecule has 0 aliphatic heterocycles. The van der Waals surface area contributed by atoms with E-state index in [1.807, 2.05) is 0 Å². The van der Waals surface area contributed by atoms with E-state index in [1.54, 1.807) is 0 Å². The summed E-state index contributed by atoms with van der Waals surface area (Å²) in [5.41, 5.74) is 2.82. The standard InChI is InChI=1S/C15H16.C4H11N/c1-2-15(13-9-5-3-6-10-13)14-11-7-4-8-12-14;1-3-5-4-2/h3-12,15H,2H2,1H3;5H,3-4H2,1-2H3. The van der Waals surface area contributed by atoms with E-state index in [1.165, 1.54) is 11.1 Å². The molecule has 0 bridgehead atoms. The summed E-state index contributed by atoms with van der Waals surface area (Å²) in [6, 6.07) is 21.4. The molecule has 0 unspecified atom stereocenters. The van der Waals surface area contributed by atoms with Crippen molar-refractivity contribution >= 4 is 0 Å². The minimum atomic E-state index is 0.535. The number of nitrogens with one attached hydrogen (secondary N) is 1. The molecule has 0 atom stereocenters. The smallest absolute Gasteiger partial charge is 0.00867 e. The summed E-state index contributed by atoms with van der Waals surface area (Å²) in [7, 11) is 0. The van der Waals surface area contributed by atoms with Crippen molar-refractivity contribution in [2.24, 2.45) is 0 Å². The highest BCUT2D eigenvalue weighted by molar-refractivity contribution is 5.31. The molecule has 1 N–H and O–H groups in total. The summed E-state index contributed by atoms with van der Waals surface area (Å²) < 4.78 is 0. The van der Waals surface area contributed by atoms with Crippen LogP contribution in [-0.4, -0.2) is 13.1 Å². The third-order valence-electron chi connectivity index (χ3n) is 3.31. The highest BCUT2D eigenvalue weighted by atomic mass is 14.8. The first-order valence-corrected chi connectivity index (χ1v) is 7.64. The van der Waals surface area contributed by atoms with Gasteiger partial charge in [0.2, 0.25) is 0 Å². The Balaban J connectivity index is 0.000000347. The lowest BCUT2D eigenvalue weighted by Gasteiger charge is -2.15. The van der Waals surface area contributed by atoms with Crippen LogP contribution >= 0.6 is 0 Å². The average molecular weight is 269 g/mol.